The van der Waals surface area contributed by atoms with Crippen LogP contribution in [0.3, 0.4) is 0 Å². The van der Waals surface area contributed by atoms with E-state index in [-0.39, 0.29) is 11.1 Å². The van der Waals surface area contributed by atoms with Crippen LogP contribution in [0.5, 0.6) is 0 Å². The number of nitrogens with two attached hydrogens (primary N) is 1. The van der Waals surface area contributed by atoms with E-state index in [1.54, 1.807) is 6.07 Å². The zero-order valence-corrected chi connectivity index (χ0v) is 14.4. The molecule has 6 nitrogen and oxygen atoms in total. The number of sulfonamides is 1. The molecule has 2 aromatic rings. The lowest BCUT2D eigenvalue weighted by atomic mass is 9.95. The number of hydrogen-bond donors (Lipinski definition) is 2. The van der Waals surface area contributed by atoms with E-state index in [4.69, 9.17) is 11.0 Å². The number of nitrogens with zero attached hydrogens (tertiary/aromatic N) is 1. The fourth-order valence-electron chi connectivity index (χ4n) is 2.28. The molecule has 3 N–H and O–H groups in total. The molecule has 8 heteroatoms. The summed E-state index contributed by atoms with van der Waals surface area (Å²) >= 11 is 0. The van der Waals surface area contributed by atoms with E-state index in [0.717, 1.165) is 6.26 Å². The van der Waals surface area contributed by atoms with Crippen LogP contribution < -0.4 is 10.5 Å². The summed E-state index contributed by atoms with van der Waals surface area (Å²) in [6, 6.07) is 10.7. The highest BCUT2D eigenvalue weighted by molar-refractivity contribution is 7.89. The normalized spacial score (nSPS) is 12.2. The number of nitriles is 1. The van der Waals surface area contributed by atoms with Gasteiger partial charge in [-0.15, -0.1) is 0 Å². The minimum absolute atomic E-state index is 0.238. The maximum Gasteiger partial charge on any atom is 0.240 e. The molecule has 0 aliphatic rings. The molecule has 0 saturated carbocycles. The second-order valence-electron chi connectivity index (χ2n) is 5.61. The molecular formula is C17H16FN3O3S. The van der Waals surface area contributed by atoms with Gasteiger partial charge in [0.25, 0.3) is 0 Å². The molecule has 0 fully saturated rings. The Labute approximate surface area is 145 Å². The predicted molar refractivity (Wildman–Crippen MR) is 92.4 cm³/mol. The summed E-state index contributed by atoms with van der Waals surface area (Å²) in [7, 11) is -3.69. The molecule has 25 heavy (non-hydrogen) atoms. The standard InChI is InChI=1S/C17H16FN3O3S/c1-10(17(22)21-25(2,23)24)11-3-5-14(15(18)8-11)12-4-6-16(20)13(7-12)9-19/h3-8,10H,20H2,1-2H3,(H,21,22). The van der Waals surface area contributed by atoms with Crippen LogP contribution in [0.25, 0.3) is 11.1 Å². The van der Waals surface area contributed by atoms with Crippen LogP contribution in [-0.2, 0) is 14.8 Å². The monoisotopic (exact) mass is 361 g/mol. The summed E-state index contributed by atoms with van der Waals surface area (Å²) < 4.78 is 38.6. The van der Waals surface area contributed by atoms with Crippen molar-refractivity contribution in [2.75, 3.05) is 12.0 Å². The third-order valence-electron chi connectivity index (χ3n) is 3.66. The van der Waals surface area contributed by atoms with E-state index in [1.165, 1.54) is 37.3 Å². The van der Waals surface area contributed by atoms with Crippen LogP contribution >= 0.6 is 0 Å². The van der Waals surface area contributed by atoms with Gasteiger partial charge in [-0.2, -0.15) is 5.26 Å². The lowest BCUT2D eigenvalue weighted by Crippen LogP contribution is -2.32. The van der Waals surface area contributed by atoms with Gasteiger partial charge in [-0.25, -0.2) is 12.8 Å². The molecule has 0 aliphatic carbocycles. The van der Waals surface area contributed by atoms with E-state index in [2.05, 4.69) is 0 Å². The molecular weight excluding hydrogens is 345 g/mol. The van der Waals surface area contributed by atoms with Crippen LogP contribution in [0.4, 0.5) is 10.1 Å². The zero-order valence-electron chi connectivity index (χ0n) is 13.6. The van der Waals surface area contributed by atoms with Gasteiger partial charge in [-0.1, -0.05) is 18.2 Å². The SMILES string of the molecule is CC(C(=O)NS(C)(=O)=O)c1ccc(-c2ccc(N)c(C#N)c2)c(F)c1. The quantitative estimate of drug-likeness (QED) is 0.810. The number of benzene rings is 2. The third kappa shape index (κ3) is 4.33. The summed E-state index contributed by atoms with van der Waals surface area (Å²) in [5, 5.41) is 9.01. The number of carbonyl (C=O) groups excluding carboxylic acids is 1. The van der Waals surface area contributed by atoms with Crippen molar-refractivity contribution in [3.63, 3.8) is 0 Å². The third-order valence-corrected chi connectivity index (χ3v) is 4.23. The Morgan fingerprint density at radius 2 is 1.96 bits per heavy atom. The number of rotatable bonds is 4. The maximum absolute atomic E-state index is 14.5. The van der Waals surface area contributed by atoms with Gasteiger partial charge >= 0.3 is 0 Å². The molecule has 1 unspecified atom stereocenters. The van der Waals surface area contributed by atoms with E-state index < -0.39 is 27.7 Å². The zero-order chi connectivity index (χ0) is 18.8. The Morgan fingerprint density at radius 3 is 2.52 bits per heavy atom. The highest BCUT2D eigenvalue weighted by Gasteiger charge is 2.20. The van der Waals surface area contributed by atoms with E-state index in [1.807, 2.05) is 10.8 Å². The first-order valence-corrected chi connectivity index (χ1v) is 9.12. The van der Waals surface area contributed by atoms with Crippen molar-refractivity contribution < 1.29 is 17.6 Å². The fourth-order valence-corrected chi connectivity index (χ4v) is 2.82. The van der Waals surface area contributed by atoms with Gasteiger partial charge in [0.05, 0.1) is 17.7 Å². The molecule has 2 rings (SSSR count). The predicted octanol–water partition coefficient (Wildman–Crippen LogP) is 2.13. The minimum Gasteiger partial charge on any atom is -0.398 e. The van der Waals surface area contributed by atoms with E-state index in [9.17, 15) is 17.6 Å². The van der Waals surface area contributed by atoms with Crippen molar-refractivity contribution in [3.8, 4) is 17.2 Å². The number of carbonyl (C=O) groups is 1. The van der Waals surface area contributed by atoms with Gasteiger partial charge in [0.1, 0.15) is 11.9 Å². The lowest BCUT2D eigenvalue weighted by molar-refractivity contribution is -0.120. The van der Waals surface area contributed by atoms with Gasteiger partial charge in [-0.05, 0) is 36.2 Å². The Balaban J connectivity index is 2.35. The van der Waals surface area contributed by atoms with E-state index >= 15 is 0 Å². The molecule has 0 aliphatic heterocycles. The highest BCUT2D eigenvalue weighted by Crippen LogP contribution is 2.28. The lowest BCUT2D eigenvalue weighted by Gasteiger charge is -2.13. The Morgan fingerprint density at radius 1 is 1.28 bits per heavy atom. The Kier molecular flexibility index (Phi) is 5.09. The average Bonchev–Trinajstić information content (AvgIpc) is 2.53. The molecule has 0 heterocycles. The number of hydrogen-bond acceptors (Lipinski definition) is 5. The van der Waals surface area contributed by atoms with E-state index in [0.29, 0.717) is 16.8 Å². The van der Waals surface area contributed by atoms with Gasteiger partial charge < -0.3 is 5.73 Å². The largest absolute Gasteiger partial charge is 0.398 e. The van der Waals surface area contributed by atoms with Crippen LogP contribution in [-0.4, -0.2) is 20.6 Å². The van der Waals surface area contributed by atoms with Crippen molar-refractivity contribution in [1.29, 1.82) is 5.26 Å². The van der Waals surface area contributed by atoms with Crippen molar-refractivity contribution in [3.05, 3.63) is 53.3 Å². The van der Waals surface area contributed by atoms with Gasteiger partial charge in [-0.3, -0.25) is 9.52 Å². The number of amides is 1. The molecule has 0 saturated heterocycles. The van der Waals surface area contributed by atoms with Crippen LogP contribution in [0.1, 0.15) is 24.0 Å². The van der Waals surface area contributed by atoms with Crippen LogP contribution in [0.15, 0.2) is 36.4 Å². The maximum atomic E-state index is 14.5. The van der Waals surface area contributed by atoms with Crippen molar-refractivity contribution in [1.82, 2.24) is 4.72 Å². The number of halogens is 1. The van der Waals surface area contributed by atoms with Crippen LogP contribution in [0.2, 0.25) is 0 Å². The topological polar surface area (TPSA) is 113 Å². The first kappa shape index (κ1) is 18.4. The minimum atomic E-state index is -3.69. The summed E-state index contributed by atoms with van der Waals surface area (Å²) in [5.41, 5.74) is 7.25. The Hall–Kier alpha value is -2.92. The van der Waals surface area contributed by atoms with Gasteiger partial charge in [0.15, 0.2) is 0 Å². The smallest absolute Gasteiger partial charge is 0.240 e. The summed E-state index contributed by atoms with van der Waals surface area (Å²) in [6.07, 6.45) is 0.870. The van der Waals surface area contributed by atoms with Crippen LogP contribution in [0, 0.1) is 17.1 Å². The summed E-state index contributed by atoms with van der Waals surface area (Å²) in [4.78, 5) is 11.9. The summed E-state index contributed by atoms with van der Waals surface area (Å²) in [6.45, 7) is 1.48. The average molecular weight is 361 g/mol. The molecule has 1 atom stereocenters. The number of anilines is 1. The second-order valence-corrected chi connectivity index (χ2v) is 7.36. The fraction of sp³-hybridized carbons (Fsp3) is 0.176. The van der Waals surface area contributed by atoms with Crippen molar-refractivity contribution in [2.45, 2.75) is 12.8 Å². The number of nitrogen functional groups attached to an aromatic ring is 1. The molecule has 0 aromatic heterocycles. The second kappa shape index (κ2) is 6.91. The number of nitrogens with one attached hydrogen (secondary N) is 1. The molecule has 2 aromatic carbocycles. The highest BCUT2D eigenvalue weighted by atomic mass is 32.2. The first-order valence-electron chi connectivity index (χ1n) is 7.23. The summed E-state index contributed by atoms with van der Waals surface area (Å²) in [5.74, 6) is -2.18. The Bertz CT molecular complexity index is 981. The molecule has 0 radical (unpaired) electrons. The first-order chi connectivity index (χ1) is 11.6. The molecule has 0 spiro atoms. The molecule has 0 bridgehead atoms. The molecule has 130 valence electrons. The molecule has 1 amide bonds. The van der Waals surface area contributed by atoms with Crippen molar-refractivity contribution >= 4 is 21.6 Å². The van der Waals surface area contributed by atoms with Crippen molar-refractivity contribution in [2.24, 2.45) is 0 Å². The van der Waals surface area contributed by atoms with Gasteiger partial charge in [0.2, 0.25) is 15.9 Å². The van der Waals surface area contributed by atoms with Gasteiger partial charge in [0, 0.05) is 11.3 Å².